The lowest BCUT2D eigenvalue weighted by atomic mass is 10.1. The molecule has 0 bridgehead atoms. The highest BCUT2D eigenvalue weighted by molar-refractivity contribution is 7.98. The number of carboxylic acids is 1. The van der Waals surface area contributed by atoms with Gasteiger partial charge in [0.15, 0.2) is 0 Å². The molecule has 0 aromatic heterocycles. The smallest absolute Gasteiger partial charge is 0.336 e. The van der Waals surface area contributed by atoms with Crippen LogP contribution in [0.2, 0.25) is 0 Å². The molecule has 0 spiro atoms. The number of rotatable bonds is 4. The van der Waals surface area contributed by atoms with Crippen molar-refractivity contribution in [3.63, 3.8) is 0 Å². The van der Waals surface area contributed by atoms with Crippen molar-refractivity contribution < 1.29 is 14.3 Å². The lowest BCUT2D eigenvalue weighted by molar-refractivity contribution is 0.0693. The summed E-state index contributed by atoms with van der Waals surface area (Å²) in [7, 11) is 0. The highest BCUT2D eigenvalue weighted by Crippen LogP contribution is 2.27. The lowest BCUT2D eigenvalue weighted by Gasteiger charge is -2.07. The zero-order valence-corrected chi connectivity index (χ0v) is 11.2. The zero-order valence-electron chi connectivity index (χ0n) is 10.3. The van der Waals surface area contributed by atoms with Gasteiger partial charge in [0, 0.05) is 10.6 Å². The van der Waals surface area contributed by atoms with Crippen molar-refractivity contribution in [1.82, 2.24) is 0 Å². The Bertz CT molecular complexity index is 695. The fourth-order valence-corrected chi connectivity index (χ4v) is 2.75. The molecule has 3 nitrogen and oxygen atoms in total. The van der Waals surface area contributed by atoms with Crippen LogP contribution in [-0.4, -0.2) is 11.1 Å². The maximum Gasteiger partial charge on any atom is 0.336 e. The van der Waals surface area contributed by atoms with Gasteiger partial charge in [0.2, 0.25) is 0 Å². The maximum absolute atomic E-state index is 13.2. The van der Waals surface area contributed by atoms with Gasteiger partial charge in [-0.05, 0) is 35.9 Å². The van der Waals surface area contributed by atoms with Crippen LogP contribution in [0.5, 0.6) is 0 Å². The zero-order chi connectivity index (χ0) is 14.5. The Labute approximate surface area is 119 Å². The van der Waals surface area contributed by atoms with Crippen molar-refractivity contribution in [2.75, 3.05) is 0 Å². The van der Waals surface area contributed by atoms with Crippen LogP contribution in [0.4, 0.5) is 4.39 Å². The summed E-state index contributed by atoms with van der Waals surface area (Å²) < 4.78 is 13.2. The highest BCUT2D eigenvalue weighted by atomic mass is 32.2. The molecule has 2 aromatic rings. The summed E-state index contributed by atoms with van der Waals surface area (Å²) in [5.74, 6) is -1.08. The molecule has 2 rings (SSSR count). The summed E-state index contributed by atoms with van der Waals surface area (Å²) in [6, 6.07) is 12.6. The van der Waals surface area contributed by atoms with E-state index in [0.29, 0.717) is 21.8 Å². The first-order valence-electron chi connectivity index (χ1n) is 5.75. The van der Waals surface area contributed by atoms with Crippen molar-refractivity contribution in [3.8, 4) is 6.07 Å². The van der Waals surface area contributed by atoms with Gasteiger partial charge in [0.25, 0.3) is 0 Å². The molecule has 20 heavy (non-hydrogen) atoms. The first-order chi connectivity index (χ1) is 9.61. The molecule has 5 heteroatoms. The number of aromatic carboxylic acids is 1. The molecule has 0 heterocycles. The molecule has 0 atom stereocenters. The summed E-state index contributed by atoms with van der Waals surface area (Å²) in [5.41, 5.74) is 1.15. The van der Waals surface area contributed by atoms with Crippen LogP contribution < -0.4 is 0 Å². The van der Waals surface area contributed by atoms with Crippen LogP contribution in [0, 0.1) is 17.1 Å². The first kappa shape index (κ1) is 14.1. The second-order valence-electron chi connectivity index (χ2n) is 4.00. The lowest BCUT2D eigenvalue weighted by Crippen LogP contribution is -1.98. The molecule has 0 radical (unpaired) electrons. The van der Waals surface area contributed by atoms with Crippen LogP contribution in [-0.2, 0) is 5.75 Å². The van der Waals surface area contributed by atoms with Gasteiger partial charge in [0.1, 0.15) is 5.82 Å². The summed E-state index contributed by atoms with van der Waals surface area (Å²) in [4.78, 5) is 11.7. The topological polar surface area (TPSA) is 61.1 Å². The standard InChI is InChI=1S/C15H10FNO2S/c16-12-6-5-10(8-17)11(7-12)9-20-14-4-2-1-3-13(14)15(18)19/h1-7H,9H2,(H,18,19). The third kappa shape index (κ3) is 3.16. The molecule has 0 aliphatic rings. The second kappa shape index (κ2) is 6.22. The van der Waals surface area contributed by atoms with Crippen LogP contribution >= 0.6 is 11.8 Å². The Morgan fingerprint density at radius 1 is 1.30 bits per heavy atom. The Morgan fingerprint density at radius 3 is 2.75 bits per heavy atom. The minimum Gasteiger partial charge on any atom is -0.478 e. The Balaban J connectivity index is 2.24. The van der Waals surface area contributed by atoms with Gasteiger partial charge in [-0.25, -0.2) is 9.18 Å². The van der Waals surface area contributed by atoms with Gasteiger partial charge < -0.3 is 5.11 Å². The van der Waals surface area contributed by atoms with Crippen LogP contribution in [0.15, 0.2) is 47.4 Å². The number of carbonyl (C=O) groups is 1. The Hall–Kier alpha value is -2.32. The van der Waals surface area contributed by atoms with E-state index in [1.165, 1.54) is 36.0 Å². The minimum absolute atomic E-state index is 0.201. The molecule has 100 valence electrons. The average molecular weight is 287 g/mol. The number of thioether (sulfide) groups is 1. The predicted octanol–water partition coefficient (Wildman–Crippen LogP) is 3.69. The number of halogens is 1. The van der Waals surface area contributed by atoms with E-state index >= 15 is 0 Å². The van der Waals surface area contributed by atoms with Crippen molar-refractivity contribution in [2.45, 2.75) is 10.6 Å². The van der Waals surface area contributed by atoms with Gasteiger partial charge in [-0.2, -0.15) is 5.26 Å². The van der Waals surface area contributed by atoms with Crippen molar-refractivity contribution >= 4 is 17.7 Å². The molecule has 2 aromatic carbocycles. The number of carboxylic acid groups (broad SMARTS) is 1. The van der Waals surface area contributed by atoms with E-state index < -0.39 is 11.8 Å². The van der Waals surface area contributed by atoms with Gasteiger partial charge in [-0.3, -0.25) is 0 Å². The molecular formula is C15H10FNO2S. The molecule has 0 fully saturated rings. The first-order valence-corrected chi connectivity index (χ1v) is 6.74. The molecule has 0 saturated heterocycles. The molecule has 0 unspecified atom stereocenters. The van der Waals surface area contributed by atoms with E-state index in [1.54, 1.807) is 18.2 Å². The van der Waals surface area contributed by atoms with Gasteiger partial charge in [-0.1, -0.05) is 12.1 Å². The van der Waals surface area contributed by atoms with E-state index in [2.05, 4.69) is 0 Å². The third-order valence-corrected chi connectivity index (χ3v) is 3.81. The number of hydrogen-bond donors (Lipinski definition) is 1. The van der Waals surface area contributed by atoms with Crippen molar-refractivity contribution in [2.24, 2.45) is 0 Å². The van der Waals surface area contributed by atoms with E-state index in [1.807, 2.05) is 6.07 Å². The highest BCUT2D eigenvalue weighted by Gasteiger charge is 2.11. The number of hydrogen-bond acceptors (Lipinski definition) is 3. The fourth-order valence-electron chi connectivity index (χ4n) is 1.72. The number of benzene rings is 2. The van der Waals surface area contributed by atoms with E-state index in [-0.39, 0.29) is 5.56 Å². The molecular weight excluding hydrogens is 277 g/mol. The molecule has 0 aliphatic heterocycles. The normalized spacial score (nSPS) is 10.0. The minimum atomic E-state index is -1.01. The summed E-state index contributed by atoms with van der Waals surface area (Å²) >= 11 is 1.27. The van der Waals surface area contributed by atoms with Gasteiger partial charge in [0.05, 0.1) is 17.2 Å². The van der Waals surface area contributed by atoms with Crippen molar-refractivity contribution in [3.05, 3.63) is 65.0 Å². The fraction of sp³-hybridized carbons (Fsp3) is 0.0667. The van der Waals surface area contributed by atoms with Crippen LogP contribution in [0.3, 0.4) is 0 Å². The second-order valence-corrected chi connectivity index (χ2v) is 5.02. The summed E-state index contributed by atoms with van der Waals surface area (Å²) in [6.07, 6.45) is 0. The van der Waals surface area contributed by atoms with Gasteiger partial charge >= 0.3 is 5.97 Å². The summed E-state index contributed by atoms with van der Waals surface area (Å²) in [6.45, 7) is 0. The summed E-state index contributed by atoms with van der Waals surface area (Å²) in [5, 5.41) is 18.1. The van der Waals surface area contributed by atoms with Crippen molar-refractivity contribution in [1.29, 1.82) is 5.26 Å². The SMILES string of the molecule is N#Cc1ccc(F)cc1CSc1ccccc1C(=O)O. The Kier molecular flexibility index (Phi) is 4.38. The van der Waals surface area contributed by atoms with Crippen LogP contribution in [0.1, 0.15) is 21.5 Å². The van der Waals surface area contributed by atoms with Crippen LogP contribution in [0.25, 0.3) is 0 Å². The molecule has 0 saturated carbocycles. The predicted molar refractivity (Wildman–Crippen MR) is 74.1 cm³/mol. The third-order valence-electron chi connectivity index (χ3n) is 2.69. The van der Waals surface area contributed by atoms with E-state index in [0.717, 1.165) is 0 Å². The molecule has 0 amide bonds. The molecule has 1 N–H and O–H groups in total. The Morgan fingerprint density at radius 2 is 2.05 bits per heavy atom. The largest absolute Gasteiger partial charge is 0.478 e. The number of nitrogens with zero attached hydrogens (tertiary/aromatic N) is 1. The maximum atomic E-state index is 13.2. The quantitative estimate of drug-likeness (QED) is 0.871. The monoisotopic (exact) mass is 287 g/mol. The average Bonchev–Trinajstić information content (AvgIpc) is 2.45. The van der Waals surface area contributed by atoms with E-state index in [4.69, 9.17) is 10.4 Å². The van der Waals surface area contributed by atoms with E-state index in [9.17, 15) is 9.18 Å². The molecule has 0 aliphatic carbocycles. The van der Waals surface area contributed by atoms with Gasteiger partial charge in [-0.15, -0.1) is 11.8 Å². The number of nitriles is 1.